The number of rotatable bonds is 4. The molecular weight excluding hydrogens is 200 g/mol. The summed E-state index contributed by atoms with van der Waals surface area (Å²) in [5.41, 5.74) is 1.14. The van der Waals surface area contributed by atoms with Crippen molar-refractivity contribution < 1.29 is 4.43 Å². The van der Waals surface area contributed by atoms with E-state index in [2.05, 4.69) is 6.58 Å². The van der Waals surface area contributed by atoms with Gasteiger partial charge >= 0.3 is 8.35 Å². The minimum atomic E-state index is -1.19. The Hall–Kier alpha value is -0.733. The zero-order chi connectivity index (χ0) is 9.68. The molecule has 0 amide bonds. The van der Waals surface area contributed by atoms with Crippen molar-refractivity contribution in [1.82, 2.24) is 0 Å². The van der Waals surface area contributed by atoms with E-state index in [1.807, 2.05) is 36.9 Å². The largest absolute Gasteiger partial charge is 0.528 e. The Morgan fingerprint density at radius 2 is 2.23 bits per heavy atom. The molecule has 0 heterocycles. The van der Waals surface area contributed by atoms with Crippen molar-refractivity contribution in [2.45, 2.75) is 13.0 Å². The highest BCUT2D eigenvalue weighted by molar-refractivity contribution is 7.02. The number of halogens is 1. The molecule has 0 saturated carbocycles. The van der Waals surface area contributed by atoms with Crippen LogP contribution in [0.1, 0.15) is 5.56 Å². The predicted octanol–water partition coefficient (Wildman–Crippen LogP) is 3.15. The average Bonchev–Trinajstić information content (AvgIpc) is 2.08. The molecule has 3 heteroatoms. The van der Waals surface area contributed by atoms with Crippen LogP contribution in [0.2, 0.25) is 6.55 Å². The fourth-order valence-electron chi connectivity index (χ4n) is 1.08. The van der Waals surface area contributed by atoms with E-state index in [9.17, 15) is 0 Å². The van der Waals surface area contributed by atoms with Crippen LogP contribution in [0.4, 0.5) is 0 Å². The highest BCUT2D eigenvalue weighted by Gasteiger charge is 2.06. The van der Waals surface area contributed by atoms with Crippen LogP contribution in [-0.4, -0.2) is 8.35 Å². The summed E-state index contributed by atoms with van der Waals surface area (Å²) in [4.78, 5) is 0. The standard InChI is InChI=1S/C10H12ClOSi/c1-3-6-9-7-4-5-8-10(9)12-13(2)11/h3-5,7-8H,1,6H2,2H3. The molecule has 0 saturated heterocycles. The third-order valence-corrected chi connectivity index (χ3v) is 2.32. The molecule has 0 aliphatic rings. The van der Waals surface area contributed by atoms with Crippen LogP contribution in [0.3, 0.4) is 0 Å². The normalized spacial score (nSPS) is 10.1. The quantitative estimate of drug-likeness (QED) is 0.423. The molecule has 0 atom stereocenters. The van der Waals surface area contributed by atoms with Crippen molar-refractivity contribution in [3.63, 3.8) is 0 Å². The van der Waals surface area contributed by atoms with Crippen LogP contribution in [0, 0.1) is 0 Å². The summed E-state index contributed by atoms with van der Waals surface area (Å²) >= 11 is 5.84. The first-order valence-electron chi connectivity index (χ1n) is 4.09. The molecule has 0 fully saturated rings. The van der Waals surface area contributed by atoms with E-state index in [1.54, 1.807) is 0 Å². The molecule has 0 bridgehead atoms. The smallest absolute Gasteiger partial charge is 0.388 e. The lowest BCUT2D eigenvalue weighted by Gasteiger charge is -2.10. The molecule has 0 aliphatic heterocycles. The first kappa shape index (κ1) is 10.3. The molecule has 0 aromatic heterocycles. The lowest BCUT2D eigenvalue weighted by molar-refractivity contribution is 0.585. The van der Waals surface area contributed by atoms with Crippen molar-refractivity contribution in [2.75, 3.05) is 0 Å². The van der Waals surface area contributed by atoms with Gasteiger partial charge in [0.15, 0.2) is 0 Å². The summed E-state index contributed by atoms with van der Waals surface area (Å²) < 4.78 is 5.52. The van der Waals surface area contributed by atoms with E-state index < -0.39 is 8.35 Å². The summed E-state index contributed by atoms with van der Waals surface area (Å²) in [5.74, 6) is 0.883. The van der Waals surface area contributed by atoms with Crippen LogP contribution in [0.25, 0.3) is 0 Å². The molecular formula is C10H12ClOSi. The highest BCUT2D eigenvalue weighted by atomic mass is 35.6. The van der Waals surface area contributed by atoms with Crippen LogP contribution < -0.4 is 4.43 Å². The van der Waals surface area contributed by atoms with Crippen LogP contribution in [0.15, 0.2) is 36.9 Å². The van der Waals surface area contributed by atoms with Crippen LogP contribution in [-0.2, 0) is 6.42 Å². The second-order valence-electron chi connectivity index (χ2n) is 2.67. The minimum absolute atomic E-state index is 0.822. The topological polar surface area (TPSA) is 9.23 Å². The van der Waals surface area contributed by atoms with Gasteiger partial charge in [0.2, 0.25) is 0 Å². The monoisotopic (exact) mass is 211 g/mol. The van der Waals surface area contributed by atoms with Gasteiger partial charge in [0.25, 0.3) is 0 Å². The lowest BCUT2D eigenvalue weighted by atomic mass is 10.1. The second kappa shape index (κ2) is 5.10. The minimum Gasteiger partial charge on any atom is -0.528 e. The molecule has 0 aliphatic carbocycles. The fraction of sp³-hybridized carbons (Fsp3) is 0.200. The maximum absolute atomic E-state index is 5.84. The molecule has 0 unspecified atom stereocenters. The molecule has 1 aromatic carbocycles. The fourth-order valence-corrected chi connectivity index (χ4v) is 1.83. The maximum atomic E-state index is 5.84. The third kappa shape index (κ3) is 3.25. The Morgan fingerprint density at radius 3 is 2.85 bits per heavy atom. The van der Waals surface area contributed by atoms with Crippen molar-refractivity contribution in [3.8, 4) is 5.75 Å². The SMILES string of the molecule is C=CCc1ccccc1O[Si](C)Cl. The number of allylic oxidation sites excluding steroid dienone is 1. The Bertz CT molecular complexity index is 286. The number of hydrogen-bond donors (Lipinski definition) is 0. The zero-order valence-corrected chi connectivity index (χ0v) is 9.34. The van der Waals surface area contributed by atoms with Gasteiger partial charge in [-0.05, 0) is 24.6 Å². The van der Waals surface area contributed by atoms with Gasteiger partial charge in [-0.2, -0.15) is 0 Å². The van der Waals surface area contributed by atoms with E-state index >= 15 is 0 Å². The van der Waals surface area contributed by atoms with E-state index in [-0.39, 0.29) is 0 Å². The van der Waals surface area contributed by atoms with Gasteiger partial charge < -0.3 is 4.43 Å². The van der Waals surface area contributed by atoms with Gasteiger partial charge in [0, 0.05) is 0 Å². The number of benzene rings is 1. The maximum Gasteiger partial charge on any atom is 0.388 e. The summed E-state index contributed by atoms with van der Waals surface area (Å²) in [6, 6.07) is 7.90. The van der Waals surface area contributed by atoms with E-state index in [0.29, 0.717) is 0 Å². The third-order valence-electron chi connectivity index (χ3n) is 1.59. The predicted molar refractivity (Wildman–Crippen MR) is 58.4 cm³/mol. The molecule has 0 spiro atoms. The second-order valence-corrected chi connectivity index (χ2v) is 5.41. The molecule has 69 valence electrons. The van der Waals surface area contributed by atoms with Gasteiger partial charge in [-0.3, -0.25) is 0 Å². The summed E-state index contributed by atoms with van der Waals surface area (Å²) in [5, 5.41) is 0. The highest BCUT2D eigenvalue weighted by Crippen LogP contribution is 2.19. The van der Waals surface area contributed by atoms with Crippen molar-refractivity contribution in [1.29, 1.82) is 0 Å². The van der Waals surface area contributed by atoms with Gasteiger partial charge in [0.05, 0.1) is 0 Å². The van der Waals surface area contributed by atoms with Crippen molar-refractivity contribution >= 4 is 19.4 Å². The van der Waals surface area contributed by atoms with Gasteiger partial charge in [-0.15, -0.1) is 17.7 Å². The van der Waals surface area contributed by atoms with Gasteiger partial charge in [0.1, 0.15) is 5.75 Å². The van der Waals surface area contributed by atoms with Crippen molar-refractivity contribution in [2.24, 2.45) is 0 Å². The molecule has 1 aromatic rings. The average molecular weight is 212 g/mol. The molecule has 1 nitrogen and oxygen atoms in total. The Morgan fingerprint density at radius 1 is 1.54 bits per heavy atom. The Balaban J connectivity index is 2.83. The zero-order valence-electron chi connectivity index (χ0n) is 7.59. The number of para-hydroxylation sites is 1. The van der Waals surface area contributed by atoms with E-state index in [1.165, 1.54) is 0 Å². The molecule has 13 heavy (non-hydrogen) atoms. The Labute approximate surface area is 85.4 Å². The number of hydrogen-bond acceptors (Lipinski definition) is 1. The lowest BCUT2D eigenvalue weighted by Crippen LogP contribution is -2.09. The summed E-state index contributed by atoms with van der Waals surface area (Å²) in [6.45, 7) is 5.60. The van der Waals surface area contributed by atoms with Crippen molar-refractivity contribution in [3.05, 3.63) is 42.5 Å². The van der Waals surface area contributed by atoms with Gasteiger partial charge in [-0.1, -0.05) is 24.3 Å². The molecule has 1 radical (unpaired) electrons. The van der Waals surface area contributed by atoms with Crippen LogP contribution >= 0.6 is 11.1 Å². The van der Waals surface area contributed by atoms with Gasteiger partial charge in [-0.25, -0.2) is 0 Å². The molecule has 1 rings (SSSR count). The summed E-state index contributed by atoms with van der Waals surface area (Å²) in [6.07, 6.45) is 2.68. The first-order chi connectivity index (χ1) is 6.24. The first-order valence-corrected chi connectivity index (χ1v) is 7.01. The Kier molecular flexibility index (Phi) is 4.06. The van der Waals surface area contributed by atoms with Crippen LogP contribution in [0.5, 0.6) is 5.75 Å². The van der Waals surface area contributed by atoms with E-state index in [0.717, 1.165) is 17.7 Å². The van der Waals surface area contributed by atoms with E-state index in [4.69, 9.17) is 15.5 Å². The molecule has 0 N–H and O–H groups in total. The summed E-state index contributed by atoms with van der Waals surface area (Å²) in [7, 11) is -1.19.